The topological polar surface area (TPSA) is 45.2 Å². The van der Waals surface area contributed by atoms with Crippen molar-refractivity contribution in [1.82, 2.24) is 9.88 Å². The summed E-state index contributed by atoms with van der Waals surface area (Å²) in [5, 5.41) is 2.89. The molecule has 134 valence electrons. The first-order valence-electron chi connectivity index (χ1n) is 9.07. The van der Waals surface area contributed by atoms with Gasteiger partial charge in [0.05, 0.1) is 15.7 Å². The van der Waals surface area contributed by atoms with Gasteiger partial charge in [-0.2, -0.15) is 0 Å². The predicted octanol–water partition coefficient (Wildman–Crippen LogP) is 4.76. The lowest BCUT2D eigenvalue weighted by Crippen LogP contribution is -2.26. The van der Waals surface area contributed by atoms with E-state index in [1.54, 1.807) is 18.3 Å². The lowest BCUT2D eigenvalue weighted by Gasteiger charge is -2.28. The normalized spacial score (nSPS) is 16.1. The van der Waals surface area contributed by atoms with E-state index in [9.17, 15) is 4.79 Å². The van der Waals surface area contributed by atoms with E-state index in [0.29, 0.717) is 6.04 Å². The highest BCUT2D eigenvalue weighted by Gasteiger charge is 2.21. The van der Waals surface area contributed by atoms with Crippen molar-refractivity contribution in [2.24, 2.45) is 0 Å². The van der Waals surface area contributed by atoms with Crippen molar-refractivity contribution in [3.63, 3.8) is 0 Å². The predicted molar refractivity (Wildman–Crippen MR) is 108 cm³/mol. The van der Waals surface area contributed by atoms with Gasteiger partial charge >= 0.3 is 0 Å². The maximum atomic E-state index is 11.3. The first-order valence-corrected chi connectivity index (χ1v) is 9.95. The van der Waals surface area contributed by atoms with E-state index < -0.39 is 0 Å². The maximum Gasteiger partial charge on any atom is 0.221 e. The molecule has 1 aromatic heterocycles. The minimum Gasteiger partial charge on any atom is -0.326 e. The minimum atomic E-state index is -0.0220. The Bertz CT molecular complexity index is 949. The van der Waals surface area contributed by atoms with Crippen molar-refractivity contribution in [1.29, 1.82) is 0 Å². The number of carbonyl (C=O) groups excluding carboxylic acids is 1. The Morgan fingerprint density at radius 3 is 2.96 bits per heavy atom. The Hall–Kier alpha value is -2.24. The zero-order valence-electron chi connectivity index (χ0n) is 15.2. The Labute approximate surface area is 157 Å². The first kappa shape index (κ1) is 17.2. The molecule has 26 heavy (non-hydrogen) atoms. The van der Waals surface area contributed by atoms with Crippen molar-refractivity contribution in [2.75, 3.05) is 11.9 Å². The molecule has 0 aliphatic carbocycles. The van der Waals surface area contributed by atoms with Crippen molar-refractivity contribution in [3.05, 3.63) is 58.6 Å². The molecule has 5 heteroatoms. The van der Waals surface area contributed by atoms with Crippen LogP contribution in [0, 0.1) is 0 Å². The number of thiazole rings is 1. The van der Waals surface area contributed by atoms with Crippen molar-refractivity contribution in [3.8, 4) is 0 Å². The number of rotatable bonds is 3. The summed E-state index contributed by atoms with van der Waals surface area (Å²) in [4.78, 5) is 18.3. The number of nitrogens with one attached hydrogen (secondary N) is 1. The van der Waals surface area contributed by atoms with Crippen LogP contribution in [-0.2, 0) is 17.8 Å². The zero-order valence-corrected chi connectivity index (χ0v) is 16.0. The van der Waals surface area contributed by atoms with Gasteiger partial charge in [-0.3, -0.25) is 9.69 Å². The van der Waals surface area contributed by atoms with Gasteiger partial charge in [-0.25, -0.2) is 4.98 Å². The van der Waals surface area contributed by atoms with Crippen LogP contribution in [0.3, 0.4) is 0 Å². The number of nitrogens with zero attached hydrogens (tertiary/aromatic N) is 2. The van der Waals surface area contributed by atoms with Crippen LogP contribution in [0.25, 0.3) is 10.2 Å². The van der Waals surface area contributed by atoms with Crippen LogP contribution >= 0.6 is 11.3 Å². The number of amides is 1. The van der Waals surface area contributed by atoms with E-state index in [2.05, 4.69) is 52.5 Å². The summed E-state index contributed by atoms with van der Waals surface area (Å²) < 4.78 is 1.24. The Kier molecular flexibility index (Phi) is 4.74. The van der Waals surface area contributed by atoms with E-state index in [1.807, 2.05) is 11.6 Å². The van der Waals surface area contributed by atoms with Crippen molar-refractivity contribution >= 4 is 33.1 Å². The molecule has 2 heterocycles. The summed E-state index contributed by atoms with van der Waals surface area (Å²) in [5.74, 6) is -0.0220. The van der Waals surface area contributed by atoms with Gasteiger partial charge in [-0.05, 0) is 67.3 Å². The molecule has 1 aliphatic rings. The summed E-state index contributed by atoms with van der Waals surface area (Å²) in [6, 6.07) is 13.3. The number of anilines is 1. The smallest absolute Gasteiger partial charge is 0.221 e. The maximum absolute atomic E-state index is 11.3. The minimum absolute atomic E-state index is 0.0220. The lowest BCUT2D eigenvalue weighted by molar-refractivity contribution is -0.114. The lowest BCUT2D eigenvalue weighted by atomic mass is 10.0. The number of fused-ring (bicyclic) bond motifs is 2. The SMILES string of the molecule is CC(=O)Nc1ccc2c(c1)CCCN([C@H](C)c1ccc3scnc3c1)C2. The Balaban J connectivity index is 1.57. The third-order valence-electron chi connectivity index (χ3n) is 5.18. The number of carbonyl (C=O) groups is 1. The average Bonchev–Trinajstić information content (AvgIpc) is 2.99. The second-order valence-corrected chi connectivity index (χ2v) is 7.88. The van der Waals surface area contributed by atoms with Crippen LogP contribution in [0.1, 0.15) is 43.0 Å². The highest BCUT2D eigenvalue weighted by Crippen LogP contribution is 2.30. The standard InChI is InChI=1S/C21H23N3OS/c1-14(16-6-8-21-20(11-16)22-13-26-21)24-9-3-4-17-10-19(23-15(2)25)7-5-18(17)12-24/h5-8,10-11,13-14H,3-4,9,12H2,1-2H3,(H,23,25)/t14-/m1/s1. The van der Waals surface area contributed by atoms with Crippen LogP contribution in [-0.4, -0.2) is 22.3 Å². The molecule has 0 radical (unpaired) electrons. The van der Waals surface area contributed by atoms with Gasteiger partial charge in [-0.15, -0.1) is 11.3 Å². The molecule has 0 saturated carbocycles. The molecule has 4 nitrogen and oxygen atoms in total. The zero-order chi connectivity index (χ0) is 18.1. The molecule has 1 amide bonds. The number of aryl methyl sites for hydroxylation is 1. The van der Waals surface area contributed by atoms with E-state index in [0.717, 1.165) is 37.1 Å². The Morgan fingerprint density at radius 2 is 2.12 bits per heavy atom. The van der Waals surface area contributed by atoms with Crippen molar-refractivity contribution < 1.29 is 4.79 Å². The van der Waals surface area contributed by atoms with Gasteiger partial charge in [0.15, 0.2) is 0 Å². The molecular formula is C21H23N3OS. The fourth-order valence-electron chi connectivity index (χ4n) is 3.74. The van der Waals surface area contributed by atoms with E-state index >= 15 is 0 Å². The third kappa shape index (κ3) is 3.50. The molecule has 0 bridgehead atoms. The number of aromatic nitrogens is 1. The van der Waals surface area contributed by atoms with Gasteiger partial charge in [0.25, 0.3) is 0 Å². The summed E-state index contributed by atoms with van der Waals surface area (Å²) in [5.41, 5.74) is 7.93. The highest BCUT2D eigenvalue weighted by atomic mass is 32.1. The van der Waals surface area contributed by atoms with Crippen LogP contribution in [0.5, 0.6) is 0 Å². The van der Waals surface area contributed by atoms with Gasteiger partial charge in [0.1, 0.15) is 0 Å². The summed E-state index contributed by atoms with van der Waals surface area (Å²) in [7, 11) is 0. The molecule has 3 aromatic rings. The second kappa shape index (κ2) is 7.17. The molecular weight excluding hydrogens is 342 g/mol. The highest BCUT2D eigenvalue weighted by molar-refractivity contribution is 7.16. The first-order chi connectivity index (χ1) is 12.6. The quantitative estimate of drug-likeness (QED) is 0.727. The monoisotopic (exact) mass is 365 g/mol. The van der Waals surface area contributed by atoms with Gasteiger partial charge in [0.2, 0.25) is 5.91 Å². The molecule has 0 fully saturated rings. The van der Waals surface area contributed by atoms with Crippen LogP contribution in [0.15, 0.2) is 41.9 Å². The van der Waals surface area contributed by atoms with Crippen LogP contribution in [0.2, 0.25) is 0 Å². The average molecular weight is 366 g/mol. The summed E-state index contributed by atoms with van der Waals surface area (Å²) in [6.45, 7) is 5.84. The van der Waals surface area contributed by atoms with Gasteiger partial charge < -0.3 is 5.32 Å². The molecule has 2 aromatic carbocycles. The molecule has 4 rings (SSSR count). The fourth-order valence-corrected chi connectivity index (χ4v) is 4.40. The molecule has 0 spiro atoms. The van der Waals surface area contributed by atoms with E-state index in [1.165, 1.54) is 21.4 Å². The second-order valence-electron chi connectivity index (χ2n) is 6.99. The molecule has 1 aliphatic heterocycles. The molecule has 0 saturated heterocycles. The molecule has 1 atom stereocenters. The molecule has 0 unspecified atom stereocenters. The van der Waals surface area contributed by atoms with Gasteiger partial charge in [0, 0.05) is 25.2 Å². The molecule has 1 N–H and O–H groups in total. The van der Waals surface area contributed by atoms with Gasteiger partial charge in [-0.1, -0.05) is 12.1 Å². The summed E-state index contributed by atoms with van der Waals surface area (Å²) in [6.07, 6.45) is 2.18. The Morgan fingerprint density at radius 1 is 1.23 bits per heavy atom. The van der Waals surface area contributed by atoms with Crippen LogP contribution < -0.4 is 5.32 Å². The third-order valence-corrected chi connectivity index (χ3v) is 5.99. The number of benzene rings is 2. The fraction of sp³-hybridized carbons (Fsp3) is 0.333. The van der Waals surface area contributed by atoms with Crippen molar-refractivity contribution in [2.45, 2.75) is 39.3 Å². The largest absolute Gasteiger partial charge is 0.326 e. The van der Waals surface area contributed by atoms with E-state index in [4.69, 9.17) is 0 Å². The van der Waals surface area contributed by atoms with Crippen LogP contribution in [0.4, 0.5) is 5.69 Å². The summed E-state index contributed by atoms with van der Waals surface area (Å²) >= 11 is 1.69. The number of hydrogen-bond donors (Lipinski definition) is 1. The number of hydrogen-bond acceptors (Lipinski definition) is 4. The van der Waals surface area contributed by atoms with E-state index in [-0.39, 0.29) is 5.91 Å².